The van der Waals surface area contributed by atoms with Gasteiger partial charge in [0.25, 0.3) is 0 Å². The fourth-order valence-electron chi connectivity index (χ4n) is 4.41. The van der Waals surface area contributed by atoms with Gasteiger partial charge < -0.3 is 20.7 Å². The zero-order valence-corrected chi connectivity index (χ0v) is 19.6. The Balaban J connectivity index is 1.05. The number of hydrogen-bond donors (Lipinski definition) is 3. The molecule has 0 aromatic carbocycles. The van der Waals surface area contributed by atoms with Gasteiger partial charge in [-0.25, -0.2) is 19.9 Å². The molecular weight excluding hydrogens is 438 g/mol. The van der Waals surface area contributed by atoms with Crippen LogP contribution in [0, 0.1) is 5.92 Å². The summed E-state index contributed by atoms with van der Waals surface area (Å²) in [6.45, 7) is 5.34. The SMILES string of the molecule is CC1(NCc2cnc(NC[C@H]3CC[C@H](Nc4ccc5ccnc(Cl)c5n4)CC3)nc2)COC1. The van der Waals surface area contributed by atoms with E-state index in [0.29, 0.717) is 23.1 Å². The predicted molar refractivity (Wildman–Crippen MR) is 131 cm³/mol. The second-order valence-electron chi connectivity index (χ2n) is 9.43. The van der Waals surface area contributed by atoms with Crippen molar-refractivity contribution in [2.24, 2.45) is 5.92 Å². The number of rotatable bonds is 8. The van der Waals surface area contributed by atoms with Crippen molar-refractivity contribution in [2.45, 2.75) is 50.7 Å². The van der Waals surface area contributed by atoms with Crippen molar-refractivity contribution in [1.29, 1.82) is 0 Å². The van der Waals surface area contributed by atoms with Gasteiger partial charge in [-0.15, -0.1) is 0 Å². The van der Waals surface area contributed by atoms with Crippen molar-refractivity contribution in [3.8, 4) is 0 Å². The molecule has 0 atom stereocenters. The van der Waals surface area contributed by atoms with Crippen LogP contribution in [0.25, 0.3) is 10.9 Å². The van der Waals surface area contributed by atoms with Crippen molar-refractivity contribution in [2.75, 3.05) is 30.4 Å². The maximum absolute atomic E-state index is 6.20. The third-order valence-electron chi connectivity index (χ3n) is 6.58. The van der Waals surface area contributed by atoms with E-state index in [9.17, 15) is 0 Å². The summed E-state index contributed by atoms with van der Waals surface area (Å²) >= 11 is 6.20. The van der Waals surface area contributed by atoms with Crippen LogP contribution in [0.1, 0.15) is 38.2 Å². The summed E-state index contributed by atoms with van der Waals surface area (Å²) in [6, 6.07) is 6.41. The Hall–Kier alpha value is -2.55. The highest BCUT2D eigenvalue weighted by Crippen LogP contribution is 2.28. The largest absolute Gasteiger partial charge is 0.377 e. The second kappa shape index (κ2) is 9.75. The normalized spacial score (nSPS) is 22.0. The molecule has 1 saturated heterocycles. The summed E-state index contributed by atoms with van der Waals surface area (Å²) < 4.78 is 5.27. The lowest BCUT2D eigenvalue weighted by atomic mass is 9.86. The average Bonchev–Trinajstić information content (AvgIpc) is 2.82. The molecule has 3 aromatic rings. The Labute approximate surface area is 198 Å². The Morgan fingerprint density at radius 2 is 1.85 bits per heavy atom. The molecule has 2 fully saturated rings. The molecule has 0 radical (unpaired) electrons. The van der Waals surface area contributed by atoms with Gasteiger partial charge in [-0.3, -0.25) is 0 Å². The molecule has 0 spiro atoms. The van der Waals surface area contributed by atoms with Crippen molar-refractivity contribution >= 4 is 34.3 Å². The predicted octanol–water partition coefficient (Wildman–Crippen LogP) is 4.03. The molecule has 3 aromatic heterocycles. The summed E-state index contributed by atoms with van der Waals surface area (Å²) in [7, 11) is 0. The minimum absolute atomic E-state index is 0.0826. The first kappa shape index (κ1) is 22.3. The number of halogens is 1. The smallest absolute Gasteiger partial charge is 0.222 e. The van der Waals surface area contributed by atoms with Crippen molar-refractivity contribution in [3.63, 3.8) is 0 Å². The van der Waals surface area contributed by atoms with Crippen molar-refractivity contribution in [3.05, 3.63) is 47.5 Å². The van der Waals surface area contributed by atoms with E-state index in [0.717, 1.165) is 74.3 Å². The summed E-state index contributed by atoms with van der Waals surface area (Å²) in [4.78, 5) is 17.8. The number of hydrogen-bond acceptors (Lipinski definition) is 8. The van der Waals surface area contributed by atoms with E-state index in [2.05, 4.69) is 42.8 Å². The highest BCUT2D eigenvalue weighted by atomic mass is 35.5. The summed E-state index contributed by atoms with van der Waals surface area (Å²) in [5.41, 5.74) is 1.91. The van der Waals surface area contributed by atoms with Crippen LogP contribution < -0.4 is 16.0 Å². The first-order valence-electron chi connectivity index (χ1n) is 11.6. The van der Waals surface area contributed by atoms with E-state index < -0.39 is 0 Å². The van der Waals surface area contributed by atoms with Crippen LogP contribution in [0.15, 0.2) is 36.8 Å². The molecule has 2 aliphatic rings. The number of ether oxygens (including phenoxy) is 1. The van der Waals surface area contributed by atoms with Crippen LogP contribution in [0.5, 0.6) is 0 Å². The van der Waals surface area contributed by atoms with Gasteiger partial charge in [0.1, 0.15) is 11.3 Å². The number of nitrogens with zero attached hydrogens (tertiary/aromatic N) is 4. The van der Waals surface area contributed by atoms with Gasteiger partial charge in [-0.1, -0.05) is 11.6 Å². The minimum Gasteiger partial charge on any atom is -0.377 e. The summed E-state index contributed by atoms with van der Waals surface area (Å²) in [5.74, 6) is 2.18. The van der Waals surface area contributed by atoms with Crippen LogP contribution in [-0.4, -0.2) is 51.3 Å². The Morgan fingerprint density at radius 1 is 1.06 bits per heavy atom. The zero-order valence-electron chi connectivity index (χ0n) is 18.9. The molecule has 4 heterocycles. The standard InChI is InChI=1S/C24H30ClN7O/c1-24(14-33-15-24)30-13-17-11-28-23(29-12-17)27-10-16-2-5-19(6-3-16)31-20-7-4-18-8-9-26-22(25)21(18)32-20/h4,7-9,11-12,16,19,30H,2-3,5-6,10,13-15H2,1H3,(H,31,32)(H,27,28,29)/t16-,19-. The number of nitrogens with one attached hydrogen (secondary N) is 3. The first-order valence-corrected chi connectivity index (χ1v) is 12.0. The molecule has 174 valence electrons. The Kier molecular flexibility index (Phi) is 6.57. The van der Waals surface area contributed by atoms with Crippen LogP contribution >= 0.6 is 11.6 Å². The second-order valence-corrected chi connectivity index (χ2v) is 9.79. The van der Waals surface area contributed by atoms with Gasteiger partial charge in [-0.05, 0) is 56.7 Å². The van der Waals surface area contributed by atoms with E-state index in [1.54, 1.807) is 6.20 Å². The van der Waals surface area contributed by atoms with Gasteiger partial charge in [0, 0.05) is 48.7 Å². The third kappa shape index (κ3) is 5.51. The van der Waals surface area contributed by atoms with E-state index in [4.69, 9.17) is 16.3 Å². The molecule has 5 rings (SSSR count). The maximum atomic E-state index is 6.20. The number of aromatic nitrogens is 4. The lowest BCUT2D eigenvalue weighted by Gasteiger charge is -2.39. The monoisotopic (exact) mass is 467 g/mol. The highest BCUT2D eigenvalue weighted by Gasteiger charge is 2.32. The topological polar surface area (TPSA) is 96.9 Å². The lowest BCUT2D eigenvalue weighted by molar-refractivity contribution is -0.0649. The molecule has 0 amide bonds. The molecule has 1 aliphatic heterocycles. The van der Waals surface area contributed by atoms with E-state index in [-0.39, 0.29) is 5.54 Å². The van der Waals surface area contributed by atoms with Gasteiger partial charge in [0.15, 0.2) is 5.15 Å². The molecule has 1 saturated carbocycles. The fourth-order valence-corrected chi connectivity index (χ4v) is 4.62. The number of fused-ring (bicyclic) bond motifs is 1. The van der Waals surface area contributed by atoms with E-state index >= 15 is 0 Å². The Bertz CT molecular complexity index is 1080. The lowest BCUT2D eigenvalue weighted by Crippen LogP contribution is -2.57. The van der Waals surface area contributed by atoms with Gasteiger partial charge in [0.2, 0.25) is 5.95 Å². The van der Waals surface area contributed by atoms with Gasteiger partial charge in [0.05, 0.1) is 18.8 Å². The molecular formula is C24H30ClN7O. The van der Waals surface area contributed by atoms with Crippen LogP contribution in [-0.2, 0) is 11.3 Å². The van der Waals surface area contributed by atoms with E-state index in [1.807, 2.05) is 30.6 Å². The average molecular weight is 468 g/mol. The van der Waals surface area contributed by atoms with Crippen molar-refractivity contribution in [1.82, 2.24) is 25.3 Å². The third-order valence-corrected chi connectivity index (χ3v) is 6.85. The number of pyridine rings is 2. The first-order chi connectivity index (χ1) is 16.1. The van der Waals surface area contributed by atoms with Crippen LogP contribution in [0.4, 0.5) is 11.8 Å². The number of anilines is 2. The maximum Gasteiger partial charge on any atom is 0.222 e. The van der Waals surface area contributed by atoms with Gasteiger partial charge >= 0.3 is 0 Å². The zero-order chi connectivity index (χ0) is 22.7. The van der Waals surface area contributed by atoms with Crippen LogP contribution in [0.2, 0.25) is 5.15 Å². The summed E-state index contributed by atoms with van der Waals surface area (Å²) in [6.07, 6.45) is 10.0. The van der Waals surface area contributed by atoms with Gasteiger partial charge in [-0.2, -0.15) is 0 Å². The summed E-state index contributed by atoms with van der Waals surface area (Å²) in [5, 5.41) is 11.9. The fraction of sp³-hybridized carbons (Fsp3) is 0.500. The van der Waals surface area contributed by atoms with Crippen molar-refractivity contribution < 1.29 is 4.74 Å². The quantitative estimate of drug-likeness (QED) is 0.427. The highest BCUT2D eigenvalue weighted by molar-refractivity contribution is 6.33. The van der Waals surface area contributed by atoms with Crippen LogP contribution in [0.3, 0.4) is 0 Å². The van der Waals surface area contributed by atoms with E-state index in [1.165, 1.54) is 0 Å². The molecule has 0 unspecified atom stereocenters. The minimum atomic E-state index is 0.0826. The molecule has 33 heavy (non-hydrogen) atoms. The molecule has 0 bridgehead atoms. The molecule has 8 nitrogen and oxygen atoms in total. The molecule has 3 N–H and O–H groups in total. The molecule has 9 heteroatoms. The Morgan fingerprint density at radius 3 is 2.58 bits per heavy atom. The molecule has 1 aliphatic carbocycles.